The third-order valence-corrected chi connectivity index (χ3v) is 2.93. The molecule has 1 rings (SSSR count). The Morgan fingerprint density at radius 1 is 1.22 bits per heavy atom. The van der Waals surface area contributed by atoms with Gasteiger partial charge in [0.1, 0.15) is 12.4 Å². The number of hydrogen-bond acceptors (Lipinski definition) is 3. The topological polar surface area (TPSA) is 49.8 Å². The van der Waals surface area contributed by atoms with E-state index >= 15 is 0 Å². The van der Waals surface area contributed by atoms with Gasteiger partial charge in [-0.1, -0.05) is 6.07 Å². The molecule has 1 N–H and O–H groups in total. The minimum absolute atomic E-state index is 0.0370. The van der Waals surface area contributed by atoms with Gasteiger partial charge in [-0.2, -0.15) is 0 Å². The lowest BCUT2D eigenvalue weighted by molar-refractivity contribution is -0.138. The van der Waals surface area contributed by atoms with Crippen molar-refractivity contribution in [2.75, 3.05) is 26.7 Å². The fraction of sp³-hybridized carbons (Fsp3) is 0.500. The van der Waals surface area contributed by atoms with Crippen LogP contribution in [-0.4, -0.2) is 42.7 Å². The van der Waals surface area contributed by atoms with Crippen LogP contribution in [0.4, 0.5) is 0 Å². The summed E-state index contributed by atoms with van der Waals surface area (Å²) in [5, 5.41) is 8.63. The molecule has 0 saturated heterocycles. The zero-order valence-electron chi connectivity index (χ0n) is 11.5. The summed E-state index contributed by atoms with van der Waals surface area (Å²) in [6, 6.07) is 4.13. The van der Waals surface area contributed by atoms with E-state index in [1.54, 1.807) is 11.9 Å². The highest BCUT2D eigenvalue weighted by Crippen LogP contribution is 2.22. The highest BCUT2D eigenvalue weighted by atomic mass is 16.5. The van der Waals surface area contributed by atoms with Gasteiger partial charge >= 0.3 is 5.97 Å². The summed E-state index contributed by atoms with van der Waals surface area (Å²) in [6.07, 6.45) is 0. The van der Waals surface area contributed by atoms with Crippen molar-refractivity contribution in [3.05, 3.63) is 28.8 Å². The van der Waals surface area contributed by atoms with E-state index in [0.29, 0.717) is 13.2 Å². The Morgan fingerprint density at radius 3 is 2.44 bits per heavy atom. The molecule has 1 aromatic rings. The molecule has 0 radical (unpaired) electrons. The first-order valence-corrected chi connectivity index (χ1v) is 6.01. The fourth-order valence-electron chi connectivity index (χ4n) is 1.71. The number of hydrogen-bond donors (Lipinski definition) is 1. The molecule has 0 heterocycles. The number of aryl methyl sites for hydroxylation is 3. The molecule has 100 valence electrons. The lowest BCUT2D eigenvalue weighted by atomic mass is 10.1. The average molecular weight is 251 g/mol. The van der Waals surface area contributed by atoms with Crippen LogP contribution in [0.3, 0.4) is 0 Å². The number of rotatable bonds is 6. The second-order valence-corrected chi connectivity index (χ2v) is 4.68. The van der Waals surface area contributed by atoms with Gasteiger partial charge < -0.3 is 9.84 Å². The molecule has 0 aliphatic rings. The second kappa shape index (κ2) is 6.40. The van der Waals surface area contributed by atoms with Gasteiger partial charge in [-0.25, -0.2) is 0 Å². The molecule has 0 amide bonds. The van der Waals surface area contributed by atoms with Crippen LogP contribution in [-0.2, 0) is 4.79 Å². The van der Waals surface area contributed by atoms with E-state index in [0.717, 1.165) is 11.3 Å². The van der Waals surface area contributed by atoms with Crippen LogP contribution >= 0.6 is 0 Å². The van der Waals surface area contributed by atoms with Crippen molar-refractivity contribution in [2.45, 2.75) is 20.8 Å². The molecule has 0 aromatic heterocycles. The van der Waals surface area contributed by atoms with Crippen LogP contribution in [0, 0.1) is 20.8 Å². The van der Waals surface area contributed by atoms with E-state index in [1.165, 1.54) is 11.1 Å². The summed E-state index contributed by atoms with van der Waals surface area (Å²) in [5.41, 5.74) is 3.57. The Balaban J connectivity index is 2.49. The molecule has 0 bridgehead atoms. The van der Waals surface area contributed by atoms with E-state index in [4.69, 9.17) is 9.84 Å². The monoisotopic (exact) mass is 251 g/mol. The van der Waals surface area contributed by atoms with Crippen LogP contribution in [0.25, 0.3) is 0 Å². The molecule has 0 aliphatic carbocycles. The third-order valence-electron chi connectivity index (χ3n) is 2.93. The quantitative estimate of drug-likeness (QED) is 0.840. The number of aliphatic carboxylic acids is 1. The molecule has 4 nitrogen and oxygen atoms in total. The van der Waals surface area contributed by atoms with Crippen molar-refractivity contribution in [3.63, 3.8) is 0 Å². The van der Waals surface area contributed by atoms with Crippen LogP contribution in [0.2, 0.25) is 0 Å². The zero-order chi connectivity index (χ0) is 13.7. The Labute approximate surface area is 108 Å². The molecular weight excluding hydrogens is 230 g/mol. The van der Waals surface area contributed by atoms with Crippen LogP contribution in [0.1, 0.15) is 16.7 Å². The molecule has 0 saturated carbocycles. The van der Waals surface area contributed by atoms with Gasteiger partial charge in [0.05, 0.1) is 6.54 Å². The predicted octanol–water partition coefficient (Wildman–Crippen LogP) is 2.01. The largest absolute Gasteiger partial charge is 0.492 e. The highest BCUT2D eigenvalue weighted by molar-refractivity contribution is 5.68. The maximum Gasteiger partial charge on any atom is 0.317 e. The molecule has 0 atom stereocenters. The molecule has 0 unspecified atom stereocenters. The summed E-state index contributed by atoms with van der Waals surface area (Å²) >= 11 is 0. The van der Waals surface area contributed by atoms with Gasteiger partial charge in [-0.15, -0.1) is 0 Å². The molecule has 18 heavy (non-hydrogen) atoms. The van der Waals surface area contributed by atoms with Gasteiger partial charge in [-0.3, -0.25) is 9.69 Å². The molecule has 0 aliphatic heterocycles. The van der Waals surface area contributed by atoms with E-state index < -0.39 is 5.97 Å². The summed E-state index contributed by atoms with van der Waals surface area (Å²) in [4.78, 5) is 12.2. The normalized spacial score (nSPS) is 10.7. The first-order valence-electron chi connectivity index (χ1n) is 6.01. The molecule has 1 aromatic carbocycles. The van der Waals surface area contributed by atoms with E-state index in [-0.39, 0.29) is 6.54 Å². The Hall–Kier alpha value is -1.55. The van der Waals surface area contributed by atoms with Gasteiger partial charge in [0.2, 0.25) is 0 Å². The van der Waals surface area contributed by atoms with Crippen LogP contribution < -0.4 is 4.74 Å². The van der Waals surface area contributed by atoms with Gasteiger partial charge in [0.15, 0.2) is 0 Å². The lowest BCUT2D eigenvalue weighted by Gasteiger charge is -2.16. The molecule has 0 fully saturated rings. The van der Waals surface area contributed by atoms with Gasteiger partial charge in [0, 0.05) is 6.54 Å². The smallest absolute Gasteiger partial charge is 0.317 e. The van der Waals surface area contributed by atoms with Crippen LogP contribution in [0.5, 0.6) is 5.75 Å². The van der Waals surface area contributed by atoms with Crippen molar-refractivity contribution in [3.8, 4) is 5.75 Å². The number of carbonyl (C=O) groups is 1. The first-order chi connectivity index (χ1) is 8.40. The summed E-state index contributed by atoms with van der Waals surface area (Å²) < 4.78 is 5.69. The van der Waals surface area contributed by atoms with Crippen LogP contribution in [0.15, 0.2) is 12.1 Å². The average Bonchev–Trinajstić information content (AvgIpc) is 2.24. The summed E-state index contributed by atoms with van der Waals surface area (Å²) in [6.45, 7) is 7.27. The predicted molar refractivity (Wildman–Crippen MR) is 71.3 cm³/mol. The molecular formula is C14H21NO3. The van der Waals surface area contributed by atoms with Crippen molar-refractivity contribution in [2.24, 2.45) is 0 Å². The number of carboxylic acid groups (broad SMARTS) is 1. The Morgan fingerprint density at radius 2 is 1.83 bits per heavy atom. The van der Waals surface area contributed by atoms with E-state index in [9.17, 15) is 4.79 Å². The number of ether oxygens (including phenoxy) is 1. The van der Waals surface area contributed by atoms with Crippen molar-refractivity contribution < 1.29 is 14.6 Å². The first kappa shape index (κ1) is 14.5. The second-order valence-electron chi connectivity index (χ2n) is 4.68. The summed E-state index contributed by atoms with van der Waals surface area (Å²) in [7, 11) is 1.77. The highest BCUT2D eigenvalue weighted by Gasteiger charge is 2.06. The fourth-order valence-corrected chi connectivity index (χ4v) is 1.71. The third kappa shape index (κ3) is 4.37. The summed E-state index contributed by atoms with van der Waals surface area (Å²) in [5.74, 6) is 0.0571. The molecule has 0 spiro atoms. The van der Waals surface area contributed by atoms with Crippen molar-refractivity contribution >= 4 is 5.97 Å². The number of nitrogens with zero attached hydrogens (tertiary/aromatic N) is 1. The standard InChI is InChI=1S/C14H21NO3/c1-10-7-12(3)13(8-11(10)2)18-6-5-15(4)9-14(16)17/h7-8H,5-6,9H2,1-4H3,(H,16,17). The van der Waals surface area contributed by atoms with E-state index in [1.807, 2.05) is 13.0 Å². The zero-order valence-corrected chi connectivity index (χ0v) is 11.5. The van der Waals surface area contributed by atoms with E-state index in [2.05, 4.69) is 19.9 Å². The SMILES string of the molecule is Cc1cc(C)c(OCCN(C)CC(=O)O)cc1C. The lowest BCUT2D eigenvalue weighted by Crippen LogP contribution is -2.29. The van der Waals surface area contributed by atoms with Crippen molar-refractivity contribution in [1.29, 1.82) is 0 Å². The maximum absolute atomic E-state index is 10.5. The minimum atomic E-state index is -0.820. The number of likely N-dealkylation sites (N-methyl/N-ethyl adjacent to an activating group) is 1. The maximum atomic E-state index is 10.5. The van der Waals surface area contributed by atoms with Crippen molar-refractivity contribution in [1.82, 2.24) is 4.90 Å². The Kier molecular flexibility index (Phi) is 5.16. The Bertz CT molecular complexity index is 429. The number of benzene rings is 1. The number of carboxylic acids is 1. The molecule has 4 heteroatoms. The van der Waals surface area contributed by atoms with Gasteiger partial charge in [-0.05, 0) is 50.6 Å². The minimum Gasteiger partial charge on any atom is -0.492 e. The van der Waals surface area contributed by atoms with Gasteiger partial charge in [0.25, 0.3) is 0 Å².